The Morgan fingerprint density at radius 1 is 1.21 bits per heavy atom. The van der Waals surface area contributed by atoms with Crippen LogP contribution in [0.3, 0.4) is 0 Å². The van der Waals surface area contributed by atoms with E-state index in [9.17, 15) is 16.8 Å². The molecule has 2 rings (SSSR count). The number of hydrogen-bond donors (Lipinski definition) is 1. The second-order valence-electron chi connectivity index (χ2n) is 6.31. The topological polar surface area (TPSA) is 83.6 Å². The molecule has 2 unspecified atom stereocenters. The summed E-state index contributed by atoms with van der Waals surface area (Å²) in [6.07, 6.45) is 3.17. The highest BCUT2D eigenvalue weighted by Gasteiger charge is 2.56. The molecule has 0 radical (unpaired) electrons. The Labute approximate surface area is 115 Å². The quantitative estimate of drug-likeness (QED) is 0.800. The number of rotatable bonds is 4. The van der Waals surface area contributed by atoms with Gasteiger partial charge in [-0.3, -0.25) is 0 Å². The first kappa shape index (κ1) is 15.2. The molecule has 8 heteroatoms. The van der Waals surface area contributed by atoms with E-state index in [1.165, 1.54) is 4.31 Å². The highest BCUT2D eigenvalue weighted by Crippen LogP contribution is 2.50. The van der Waals surface area contributed by atoms with Crippen molar-refractivity contribution < 1.29 is 16.8 Å². The van der Waals surface area contributed by atoms with E-state index in [-0.39, 0.29) is 23.3 Å². The first-order chi connectivity index (χ1) is 8.52. The molecule has 1 aliphatic carbocycles. The number of piperidine rings is 1. The van der Waals surface area contributed by atoms with Crippen LogP contribution in [0.2, 0.25) is 0 Å². The van der Waals surface area contributed by atoms with Gasteiger partial charge in [-0.2, -0.15) is 0 Å². The van der Waals surface area contributed by atoms with Crippen molar-refractivity contribution in [3.05, 3.63) is 0 Å². The Kier molecular flexibility index (Phi) is 3.75. The van der Waals surface area contributed by atoms with Gasteiger partial charge >= 0.3 is 0 Å². The fraction of sp³-hybridized carbons (Fsp3) is 1.00. The largest absolute Gasteiger partial charge is 0.217 e. The molecule has 0 aromatic carbocycles. The third-order valence-corrected chi connectivity index (χ3v) is 7.24. The van der Waals surface area contributed by atoms with Crippen molar-refractivity contribution >= 4 is 20.0 Å². The summed E-state index contributed by atoms with van der Waals surface area (Å²) in [5, 5.41) is -0.308. The first-order valence-corrected chi connectivity index (χ1v) is 9.88. The van der Waals surface area contributed by atoms with Crippen LogP contribution < -0.4 is 4.72 Å². The molecule has 6 nitrogen and oxygen atoms in total. The fourth-order valence-corrected chi connectivity index (χ4v) is 6.06. The summed E-state index contributed by atoms with van der Waals surface area (Å²) in [5.41, 5.74) is -0.143. The van der Waals surface area contributed by atoms with Gasteiger partial charge in [0.25, 0.3) is 0 Å². The normalized spacial score (nSPS) is 32.2. The van der Waals surface area contributed by atoms with Crippen molar-refractivity contribution in [3.63, 3.8) is 0 Å². The number of nitrogens with one attached hydrogen (secondary N) is 1. The molecule has 0 amide bonds. The van der Waals surface area contributed by atoms with E-state index < -0.39 is 20.0 Å². The molecule has 0 aromatic rings. The highest BCUT2D eigenvalue weighted by atomic mass is 32.2. The minimum Gasteiger partial charge on any atom is -0.213 e. The molecule has 0 aromatic heterocycles. The maximum atomic E-state index is 12.4. The Morgan fingerprint density at radius 2 is 1.79 bits per heavy atom. The van der Waals surface area contributed by atoms with Crippen molar-refractivity contribution in [2.45, 2.75) is 44.4 Å². The number of sulfonamides is 2. The van der Waals surface area contributed by atoms with Gasteiger partial charge in [-0.15, -0.1) is 0 Å². The second kappa shape index (κ2) is 4.68. The summed E-state index contributed by atoms with van der Waals surface area (Å²) in [4.78, 5) is 0. The van der Waals surface area contributed by atoms with Crippen molar-refractivity contribution in [1.29, 1.82) is 0 Å². The van der Waals surface area contributed by atoms with Crippen molar-refractivity contribution in [2.24, 2.45) is 5.41 Å². The third kappa shape index (κ3) is 3.48. The van der Waals surface area contributed by atoms with E-state index in [0.29, 0.717) is 25.8 Å². The molecular formula is C11H22N2O4S2. The molecule has 2 atom stereocenters. The van der Waals surface area contributed by atoms with Gasteiger partial charge in [-0.1, -0.05) is 13.8 Å². The van der Waals surface area contributed by atoms with E-state index in [4.69, 9.17) is 0 Å². The summed E-state index contributed by atoms with van der Waals surface area (Å²) >= 11 is 0. The van der Waals surface area contributed by atoms with Crippen LogP contribution in [0.25, 0.3) is 0 Å². The molecule has 1 heterocycles. The maximum Gasteiger partial charge on any atom is 0.217 e. The van der Waals surface area contributed by atoms with Crippen LogP contribution in [0, 0.1) is 5.41 Å². The van der Waals surface area contributed by atoms with E-state index >= 15 is 0 Å². The van der Waals surface area contributed by atoms with Gasteiger partial charge in [0.2, 0.25) is 20.0 Å². The molecule has 1 saturated heterocycles. The molecule has 2 fully saturated rings. The van der Waals surface area contributed by atoms with Crippen molar-refractivity contribution in [1.82, 2.24) is 9.03 Å². The lowest BCUT2D eigenvalue weighted by atomic mass is 10.1. The Balaban J connectivity index is 2.06. The second-order valence-corrected chi connectivity index (χ2v) is 10.2. The molecule has 0 bridgehead atoms. The lowest BCUT2D eigenvalue weighted by molar-refractivity contribution is 0.302. The van der Waals surface area contributed by atoms with Crippen LogP contribution in [-0.4, -0.2) is 51.8 Å². The Morgan fingerprint density at radius 3 is 2.26 bits per heavy atom. The standard InChI is InChI=1S/C11H22N2O4S2/c1-11(2)7-10(11)19(16,17)13-6-4-5-9(8-13)12-18(3,14)15/h9-10,12H,4-8H2,1-3H3. The summed E-state index contributed by atoms with van der Waals surface area (Å²) in [5.74, 6) is 0. The monoisotopic (exact) mass is 310 g/mol. The summed E-state index contributed by atoms with van der Waals surface area (Å²) in [6, 6.07) is -0.305. The zero-order chi connectivity index (χ0) is 14.5. The Hall–Kier alpha value is -0.180. The molecule has 1 saturated carbocycles. The third-order valence-electron chi connectivity index (χ3n) is 3.91. The Bertz CT molecular complexity index is 553. The van der Waals surface area contributed by atoms with Gasteiger partial charge in [-0.05, 0) is 24.7 Å². The van der Waals surface area contributed by atoms with E-state index in [0.717, 1.165) is 6.26 Å². The predicted octanol–water partition coefficient (Wildman–Crippen LogP) is 0.128. The lowest BCUT2D eigenvalue weighted by Crippen LogP contribution is -2.50. The van der Waals surface area contributed by atoms with Crippen LogP contribution in [0.15, 0.2) is 0 Å². The van der Waals surface area contributed by atoms with Gasteiger partial charge in [0.15, 0.2) is 0 Å². The molecule has 2 aliphatic rings. The van der Waals surface area contributed by atoms with Crippen LogP contribution in [0.5, 0.6) is 0 Å². The zero-order valence-corrected chi connectivity index (χ0v) is 13.2. The summed E-state index contributed by atoms with van der Waals surface area (Å²) in [7, 11) is -6.58. The lowest BCUT2D eigenvalue weighted by Gasteiger charge is -2.32. The van der Waals surface area contributed by atoms with Crippen LogP contribution >= 0.6 is 0 Å². The van der Waals surface area contributed by atoms with E-state index in [1.54, 1.807) is 0 Å². The van der Waals surface area contributed by atoms with Gasteiger partial charge < -0.3 is 0 Å². The van der Waals surface area contributed by atoms with Gasteiger partial charge in [0.05, 0.1) is 11.5 Å². The molecule has 1 aliphatic heterocycles. The molecular weight excluding hydrogens is 288 g/mol. The number of hydrogen-bond acceptors (Lipinski definition) is 4. The minimum atomic E-state index is -3.29. The average Bonchev–Trinajstić information content (AvgIpc) is 2.86. The fourth-order valence-electron chi connectivity index (χ4n) is 2.68. The summed E-state index contributed by atoms with van der Waals surface area (Å²) < 4.78 is 51.3. The van der Waals surface area contributed by atoms with Gasteiger partial charge in [0.1, 0.15) is 0 Å². The van der Waals surface area contributed by atoms with Gasteiger partial charge in [0, 0.05) is 19.1 Å². The van der Waals surface area contributed by atoms with Crippen LogP contribution in [-0.2, 0) is 20.0 Å². The van der Waals surface area contributed by atoms with Gasteiger partial charge in [-0.25, -0.2) is 25.9 Å². The van der Waals surface area contributed by atoms with Crippen molar-refractivity contribution in [2.75, 3.05) is 19.3 Å². The van der Waals surface area contributed by atoms with Crippen LogP contribution in [0.4, 0.5) is 0 Å². The molecule has 112 valence electrons. The molecule has 1 N–H and O–H groups in total. The number of nitrogens with zero attached hydrogens (tertiary/aromatic N) is 1. The maximum absolute atomic E-state index is 12.4. The highest BCUT2D eigenvalue weighted by molar-refractivity contribution is 7.90. The average molecular weight is 310 g/mol. The zero-order valence-electron chi connectivity index (χ0n) is 11.6. The first-order valence-electron chi connectivity index (χ1n) is 6.49. The van der Waals surface area contributed by atoms with E-state index in [1.807, 2.05) is 13.8 Å². The van der Waals surface area contributed by atoms with E-state index in [2.05, 4.69) is 4.72 Å². The molecule has 0 spiro atoms. The SMILES string of the molecule is CC1(C)CC1S(=O)(=O)N1CCCC(NS(C)(=O)=O)C1. The smallest absolute Gasteiger partial charge is 0.213 e. The van der Waals surface area contributed by atoms with Crippen LogP contribution in [0.1, 0.15) is 33.1 Å². The summed E-state index contributed by atoms with van der Waals surface area (Å²) in [6.45, 7) is 4.65. The molecule has 19 heavy (non-hydrogen) atoms. The predicted molar refractivity (Wildman–Crippen MR) is 73.7 cm³/mol. The van der Waals surface area contributed by atoms with Crippen molar-refractivity contribution in [3.8, 4) is 0 Å². The minimum absolute atomic E-state index is 0.143.